The Bertz CT molecular complexity index is 666. The van der Waals surface area contributed by atoms with Crippen LogP contribution in [0.5, 0.6) is 5.75 Å². The summed E-state index contributed by atoms with van der Waals surface area (Å²) in [7, 11) is 0. The molecule has 0 saturated heterocycles. The van der Waals surface area contributed by atoms with E-state index in [0.717, 1.165) is 23.7 Å². The van der Waals surface area contributed by atoms with Crippen LogP contribution in [0.4, 0.5) is 5.69 Å². The van der Waals surface area contributed by atoms with Gasteiger partial charge in [-0.1, -0.05) is 12.1 Å². The lowest BCUT2D eigenvalue weighted by Gasteiger charge is -2.31. The molecular formula is C15H17N3O3. The Kier molecular flexibility index (Phi) is 3.51. The first-order chi connectivity index (χ1) is 10.2. The van der Waals surface area contributed by atoms with Gasteiger partial charge in [-0.25, -0.2) is 4.79 Å². The van der Waals surface area contributed by atoms with Crippen LogP contribution in [0.25, 0.3) is 0 Å². The van der Waals surface area contributed by atoms with E-state index in [1.165, 1.54) is 6.20 Å². The van der Waals surface area contributed by atoms with Crippen LogP contribution < -0.4 is 9.64 Å². The fraction of sp³-hybridized carbons (Fsp3) is 0.333. The Labute approximate surface area is 122 Å². The number of ether oxygens (including phenoxy) is 1. The van der Waals surface area contributed by atoms with Gasteiger partial charge in [0.25, 0.3) is 0 Å². The topological polar surface area (TPSA) is 67.6 Å². The van der Waals surface area contributed by atoms with Crippen molar-refractivity contribution in [2.24, 2.45) is 0 Å². The number of aryl methyl sites for hydroxylation is 1. The normalized spacial score (nSPS) is 13.7. The second-order valence-corrected chi connectivity index (χ2v) is 4.86. The maximum absolute atomic E-state index is 11.3. The van der Waals surface area contributed by atoms with Gasteiger partial charge in [0.15, 0.2) is 0 Å². The third kappa shape index (κ3) is 2.44. The fourth-order valence-corrected chi connectivity index (χ4v) is 2.60. The molecule has 1 aromatic carbocycles. The number of fused-ring (bicyclic) bond motifs is 1. The van der Waals surface area contributed by atoms with Gasteiger partial charge < -0.3 is 14.7 Å². The van der Waals surface area contributed by atoms with Crippen molar-refractivity contribution in [3.05, 3.63) is 41.7 Å². The standard InChI is InChI=1S/C15H17N3O3/c1-2-18-13(11(9-16-18)15(19)20)10-17-7-8-21-14-6-4-3-5-12(14)17/h3-6,9H,2,7-8,10H2,1H3,(H,19,20). The number of carboxylic acid groups (broad SMARTS) is 1. The molecule has 0 saturated carbocycles. The van der Waals surface area contributed by atoms with E-state index in [-0.39, 0.29) is 5.56 Å². The zero-order chi connectivity index (χ0) is 14.8. The summed E-state index contributed by atoms with van der Waals surface area (Å²) < 4.78 is 7.36. The van der Waals surface area contributed by atoms with Gasteiger partial charge in [0.05, 0.1) is 30.7 Å². The molecule has 0 spiro atoms. The highest BCUT2D eigenvalue weighted by Crippen LogP contribution is 2.32. The predicted molar refractivity (Wildman–Crippen MR) is 77.8 cm³/mol. The van der Waals surface area contributed by atoms with Crippen LogP contribution in [0, 0.1) is 0 Å². The van der Waals surface area contributed by atoms with E-state index in [1.54, 1.807) is 4.68 Å². The minimum absolute atomic E-state index is 0.265. The van der Waals surface area contributed by atoms with Crippen LogP contribution >= 0.6 is 0 Å². The highest BCUT2D eigenvalue weighted by molar-refractivity contribution is 5.88. The van der Waals surface area contributed by atoms with Gasteiger partial charge in [-0.15, -0.1) is 0 Å². The van der Waals surface area contributed by atoms with Crippen molar-refractivity contribution in [1.29, 1.82) is 0 Å². The summed E-state index contributed by atoms with van der Waals surface area (Å²) in [5.74, 6) is -0.102. The quantitative estimate of drug-likeness (QED) is 0.931. The van der Waals surface area contributed by atoms with Crippen molar-refractivity contribution in [3.8, 4) is 5.75 Å². The number of para-hydroxylation sites is 2. The minimum Gasteiger partial charge on any atom is -0.490 e. The first-order valence-electron chi connectivity index (χ1n) is 6.95. The van der Waals surface area contributed by atoms with Crippen LogP contribution in [0.1, 0.15) is 23.0 Å². The predicted octanol–water partition coefficient (Wildman–Crippen LogP) is 2.00. The van der Waals surface area contributed by atoms with E-state index in [4.69, 9.17) is 4.74 Å². The van der Waals surface area contributed by atoms with E-state index >= 15 is 0 Å². The fourth-order valence-electron chi connectivity index (χ4n) is 2.60. The minimum atomic E-state index is -0.939. The van der Waals surface area contributed by atoms with E-state index in [1.807, 2.05) is 31.2 Å². The number of carboxylic acids is 1. The molecule has 21 heavy (non-hydrogen) atoms. The van der Waals surface area contributed by atoms with Crippen molar-refractivity contribution in [2.45, 2.75) is 20.0 Å². The molecule has 0 aliphatic carbocycles. The van der Waals surface area contributed by atoms with Crippen LogP contribution in [0.2, 0.25) is 0 Å². The van der Waals surface area contributed by atoms with Crippen molar-refractivity contribution < 1.29 is 14.6 Å². The van der Waals surface area contributed by atoms with Gasteiger partial charge in [0.1, 0.15) is 17.9 Å². The van der Waals surface area contributed by atoms with Crippen LogP contribution in [-0.2, 0) is 13.1 Å². The summed E-state index contributed by atoms with van der Waals surface area (Å²) in [6.45, 7) is 4.44. The Morgan fingerprint density at radius 2 is 2.24 bits per heavy atom. The maximum Gasteiger partial charge on any atom is 0.339 e. The molecule has 0 bridgehead atoms. The number of nitrogens with zero attached hydrogens (tertiary/aromatic N) is 3. The van der Waals surface area contributed by atoms with Crippen LogP contribution in [0.3, 0.4) is 0 Å². The average Bonchev–Trinajstić information content (AvgIpc) is 2.90. The molecule has 0 amide bonds. The summed E-state index contributed by atoms with van der Waals surface area (Å²) in [6.07, 6.45) is 1.42. The lowest BCUT2D eigenvalue weighted by Crippen LogP contribution is -2.33. The smallest absolute Gasteiger partial charge is 0.339 e. The Balaban J connectivity index is 1.95. The molecule has 0 unspecified atom stereocenters. The molecule has 1 N–H and O–H groups in total. The molecular weight excluding hydrogens is 270 g/mol. The molecule has 6 heteroatoms. The number of benzene rings is 1. The van der Waals surface area contributed by atoms with Crippen LogP contribution in [-0.4, -0.2) is 34.0 Å². The van der Waals surface area contributed by atoms with Gasteiger partial charge in [-0.05, 0) is 19.1 Å². The highest BCUT2D eigenvalue weighted by Gasteiger charge is 2.22. The Hall–Kier alpha value is -2.50. The molecule has 1 aliphatic rings. The van der Waals surface area contributed by atoms with Gasteiger partial charge in [0, 0.05) is 6.54 Å². The summed E-state index contributed by atoms with van der Waals surface area (Å²) in [6, 6.07) is 7.80. The molecule has 6 nitrogen and oxygen atoms in total. The molecule has 2 aromatic rings. The molecule has 1 aliphatic heterocycles. The average molecular weight is 287 g/mol. The molecule has 0 fully saturated rings. The summed E-state index contributed by atoms with van der Waals surface area (Å²) in [5, 5.41) is 13.5. The van der Waals surface area contributed by atoms with Gasteiger partial charge >= 0.3 is 5.97 Å². The number of hydrogen-bond donors (Lipinski definition) is 1. The van der Waals surface area contributed by atoms with Crippen molar-refractivity contribution in [2.75, 3.05) is 18.1 Å². The lowest BCUT2D eigenvalue weighted by molar-refractivity contribution is 0.0695. The number of aromatic nitrogens is 2. The first-order valence-corrected chi connectivity index (χ1v) is 6.95. The number of anilines is 1. The molecule has 3 rings (SSSR count). The summed E-state index contributed by atoms with van der Waals surface area (Å²) in [4.78, 5) is 13.5. The maximum atomic E-state index is 11.3. The number of rotatable bonds is 4. The van der Waals surface area contributed by atoms with Crippen molar-refractivity contribution >= 4 is 11.7 Å². The molecule has 110 valence electrons. The monoisotopic (exact) mass is 287 g/mol. The van der Waals surface area contributed by atoms with Crippen molar-refractivity contribution in [1.82, 2.24) is 9.78 Å². The Morgan fingerprint density at radius 1 is 1.43 bits per heavy atom. The number of aromatic carboxylic acids is 1. The zero-order valence-electron chi connectivity index (χ0n) is 11.8. The van der Waals surface area contributed by atoms with E-state index < -0.39 is 5.97 Å². The molecule has 0 radical (unpaired) electrons. The number of hydrogen-bond acceptors (Lipinski definition) is 4. The molecule has 1 aromatic heterocycles. The largest absolute Gasteiger partial charge is 0.490 e. The highest BCUT2D eigenvalue weighted by atomic mass is 16.5. The second kappa shape index (κ2) is 5.47. The number of carbonyl (C=O) groups is 1. The lowest BCUT2D eigenvalue weighted by atomic mass is 10.2. The SMILES string of the molecule is CCn1ncc(C(=O)O)c1CN1CCOc2ccccc21. The summed E-state index contributed by atoms with van der Waals surface area (Å²) in [5.41, 5.74) is 1.98. The molecule has 0 atom stereocenters. The van der Waals surface area contributed by atoms with E-state index in [9.17, 15) is 9.90 Å². The third-order valence-electron chi connectivity index (χ3n) is 3.64. The van der Waals surface area contributed by atoms with Gasteiger partial charge in [-0.3, -0.25) is 4.68 Å². The third-order valence-corrected chi connectivity index (χ3v) is 3.64. The zero-order valence-corrected chi connectivity index (χ0v) is 11.8. The first kappa shape index (κ1) is 13.5. The Morgan fingerprint density at radius 3 is 3.00 bits per heavy atom. The van der Waals surface area contributed by atoms with Gasteiger partial charge in [-0.2, -0.15) is 5.10 Å². The van der Waals surface area contributed by atoms with E-state index in [2.05, 4.69) is 10.00 Å². The summed E-state index contributed by atoms with van der Waals surface area (Å²) >= 11 is 0. The van der Waals surface area contributed by atoms with E-state index in [0.29, 0.717) is 19.7 Å². The van der Waals surface area contributed by atoms with Gasteiger partial charge in [0.2, 0.25) is 0 Å². The molecule has 2 heterocycles. The van der Waals surface area contributed by atoms with Crippen LogP contribution in [0.15, 0.2) is 30.5 Å². The second-order valence-electron chi connectivity index (χ2n) is 4.86. The van der Waals surface area contributed by atoms with Crippen molar-refractivity contribution in [3.63, 3.8) is 0 Å².